The minimum atomic E-state index is 0.0171. The third-order valence-electron chi connectivity index (χ3n) is 3.27. The average Bonchev–Trinajstić information content (AvgIpc) is 2.51. The Morgan fingerprint density at radius 2 is 1.62 bits per heavy atom. The highest BCUT2D eigenvalue weighted by Gasteiger charge is 2.15. The van der Waals surface area contributed by atoms with E-state index in [0.717, 1.165) is 31.2 Å². The minimum absolute atomic E-state index is 0.0171. The van der Waals surface area contributed by atoms with E-state index in [4.69, 9.17) is 21.1 Å². The quantitative estimate of drug-likeness (QED) is 0.737. The fraction of sp³-hybridized carbons (Fsp3) is 0.250. The summed E-state index contributed by atoms with van der Waals surface area (Å²) in [7, 11) is 5.21. The summed E-state index contributed by atoms with van der Waals surface area (Å²) in [5.41, 5.74) is 2.16. The van der Waals surface area contributed by atoms with Crippen molar-refractivity contribution in [3.05, 3.63) is 56.1 Å². The zero-order valence-corrected chi connectivity index (χ0v) is 15.0. The SMILES string of the molecule is CNC(c1cc(OC)cc(OC)c1)c1ccc(I)c(Cl)c1. The van der Waals surface area contributed by atoms with Crippen LogP contribution in [0.4, 0.5) is 0 Å². The van der Waals surface area contributed by atoms with Crippen LogP contribution in [0.2, 0.25) is 5.02 Å². The number of hydrogen-bond acceptors (Lipinski definition) is 3. The lowest BCUT2D eigenvalue weighted by molar-refractivity contribution is 0.392. The molecule has 0 aliphatic carbocycles. The van der Waals surface area contributed by atoms with E-state index in [1.54, 1.807) is 14.2 Å². The van der Waals surface area contributed by atoms with Crippen LogP contribution in [0, 0.1) is 3.57 Å². The van der Waals surface area contributed by atoms with Crippen LogP contribution < -0.4 is 14.8 Å². The van der Waals surface area contributed by atoms with E-state index in [-0.39, 0.29) is 6.04 Å². The van der Waals surface area contributed by atoms with Crippen molar-refractivity contribution < 1.29 is 9.47 Å². The molecule has 0 aliphatic heterocycles. The first kappa shape index (κ1) is 16.4. The zero-order valence-electron chi connectivity index (χ0n) is 12.1. The standard InChI is InChI=1S/C16H17ClINO2/c1-19-16(10-4-5-15(18)14(17)8-10)11-6-12(20-2)9-13(7-11)21-3/h4-9,16,19H,1-3H3. The molecule has 0 spiro atoms. The highest BCUT2D eigenvalue weighted by molar-refractivity contribution is 14.1. The van der Waals surface area contributed by atoms with E-state index < -0.39 is 0 Å². The van der Waals surface area contributed by atoms with Gasteiger partial charge >= 0.3 is 0 Å². The molecule has 3 nitrogen and oxygen atoms in total. The molecule has 5 heteroatoms. The molecule has 0 fully saturated rings. The predicted octanol–water partition coefficient (Wildman–Crippen LogP) is 4.27. The fourth-order valence-electron chi connectivity index (χ4n) is 2.21. The van der Waals surface area contributed by atoms with Gasteiger partial charge in [0.25, 0.3) is 0 Å². The smallest absolute Gasteiger partial charge is 0.122 e. The normalized spacial score (nSPS) is 12.0. The Balaban J connectivity index is 2.47. The molecule has 0 saturated heterocycles. The number of nitrogens with one attached hydrogen (secondary N) is 1. The molecule has 0 heterocycles. The summed E-state index contributed by atoms with van der Waals surface area (Å²) in [6.07, 6.45) is 0. The lowest BCUT2D eigenvalue weighted by Crippen LogP contribution is -2.18. The molecule has 1 unspecified atom stereocenters. The number of ether oxygens (including phenoxy) is 2. The summed E-state index contributed by atoms with van der Waals surface area (Å²) >= 11 is 8.46. The van der Waals surface area contributed by atoms with Crippen LogP contribution in [0.1, 0.15) is 17.2 Å². The highest BCUT2D eigenvalue weighted by Crippen LogP contribution is 2.31. The lowest BCUT2D eigenvalue weighted by Gasteiger charge is -2.19. The van der Waals surface area contributed by atoms with Crippen LogP contribution in [0.15, 0.2) is 36.4 Å². The van der Waals surface area contributed by atoms with E-state index >= 15 is 0 Å². The van der Waals surface area contributed by atoms with Gasteiger partial charge in [-0.1, -0.05) is 17.7 Å². The van der Waals surface area contributed by atoms with Gasteiger partial charge in [-0.25, -0.2) is 0 Å². The molecular weight excluding hydrogens is 401 g/mol. The maximum absolute atomic E-state index is 6.23. The molecule has 2 aromatic rings. The van der Waals surface area contributed by atoms with E-state index in [9.17, 15) is 0 Å². The molecule has 0 aliphatic rings. The van der Waals surface area contributed by atoms with Gasteiger partial charge in [0.15, 0.2) is 0 Å². The molecule has 0 bridgehead atoms. The van der Waals surface area contributed by atoms with Crippen molar-refractivity contribution in [1.29, 1.82) is 0 Å². The molecule has 0 aromatic heterocycles. The molecule has 1 N–H and O–H groups in total. The Bertz CT molecular complexity index is 611. The van der Waals surface area contributed by atoms with E-state index in [1.807, 2.05) is 37.4 Å². The third kappa shape index (κ3) is 3.81. The summed E-state index contributed by atoms with van der Waals surface area (Å²) in [5.74, 6) is 1.53. The minimum Gasteiger partial charge on any atom is -0.497 e. The van der Waals surface area contributed by atoms with E-state index in [0.29, 0.717) is 0 Å². The number of benzene rings is 2. The van der Waals surface area contributed by atoms with Gasteiger partial charge in [-0.2, -0.15) is 0 Å². The second-order valence-electron chi connectivity index (χ2n) is 4.54. The van der Waals surface area contributed by atoms with Crippen LogP contribution in [0.5, 0.6) is 11.5 Å². The first-order valence-corrected chi connectivity index (χ1v) is 7.90. The van der Waals surface area contributed by atoms with Crippen molar-refractivity contribution in [2.75, 3.05) is 21.3 Å². The molecule has 0 radical (unpaired) electrons. The Hall–Kier alpha value is -0.980. The summed E-state index contributed by atoms with van der Waals surface area (Å²) in [6, 6.07) is 11.9. The molecule has 2 rings (SSSR count). The zero-order chi connectivity index (χ0) is 15.4. The fourth-order valence-corrected chi connectivity index (χ4v) is 2.74. The number of hydrogen-bond donors (Lipinski definition) is 1. The van der Waals surface area contributed by atoms with Crippen LogP contribution in [-0.4, -0.2) is 21.3 Å². The van der Waals surface area contributed by atoms with Crippen molar-refractivity contribution in [3.8, 4) is 11.5 Å². The monoisotopic (exact) mass is 417 g/mol. The van der Waals surface area contributed by atoms with Gasteiger partial charge in [0, 0.05) is 9.64 Å². The highest BCUT2D eigenvalue weighted by atomic mass is 127. The Labute approximate surface area is 143 Å². The molecule has 0 saturated carbocycles. The largest absolute Gasteiger partial charge is 0.497 e. The second-order valence-corrected chi connectivity index (χ2v) is 6.11. The first-order valence-electron chi connectivity index (χ1n) is 6.44. The van der Waals surface area contributed by atoms with Crippen molar-refractivity contribution >= 4 is 34.2 Å². The first-order chi connectivity index (χ1) is 10.1. The lowest BCUT2D eigenvalue weighted by atomic mass is 9.98. The summed E-state index contributed by atoms with van der Waals surface area (Å²) in [6.45, 7) is 0. The maximum Gasteiger partial charge on any atom is 0.122 e. The predicted molar refractivity (Wildman–Crippen MR) is 94.6 cm³/mol. The third-order valence-corrected chi connectivity index (χ3v) is 4.85. The Kier molecular flexibility index (Phi) is 5.72. The van der Waals surface area contributed by atoms with Gasteiger partial charge in [0.2, 0.25) is 0 Å². The molecule has 21 heavy (non-hydrogen) atoms. The molecule has 2 aromatic carbocycles. The number of rotatable bonds is 5. The second kappa shape index (κ2) is 7.33. The summed E-state index contributed by atoms with van der Waals surface area (Å²) in [4.78, 5) is 0. The van der Waals surface area contributed by atoms with Crippen molar-refractivity contribution in [2.45, 2.75) is 6.04 Å². The molecule has 1 atom stereocenters. The molecule has 0 amide bonds. The van der Waals surface area contributed by atoms with E-state index in [1.165, 1.54) is 0 Å². The van der Waals surface area contributed by atoms with Crippen LogP contribution in [-0.2, 0) is 0 Å². The molecular formula is C16H17ClINO2. The van der Waals surface area contributed by atoms with Crippen LogP contribution in [0.3, 0.4) is 0 Å². The Morgan fingerprint density at radius 3 is 2.10 bits per heavy atom. The van der Waals surface area contributed by atoms with Crippen molar-refractivity contribution in [1.82, 2.24) is 5.32 Å². The average molecular weight is 418 g/mol. The number of methoxy groups -OCH3 is 2. The molecule has 112 valence electrons. The topological polar surface area (TPSA) is 30.5 Å². The van der Waals surface area contributed by atoms with Gasteiger partial charge < -0.3 is 14.8 Å². The van der Waals surface area contributed by atoms with Crippen LogP contribution in [0.25, 0.3) is 0 Å². The Morgan fingerprint density at radius 1 is 1.00 bits per heavy atom. The number of halogens is 2. The van der Waals surface area contributed by atoms with Gasteiger partial charge in [-0.3, -0.25) is 0 Å². The maximum atomic E-state index is 6.23. The van der Waals surface area contributed by atoms with Gasteiger partial charge in [-0.15, -0.1) is 0 Å². The van der Waals surface area contributed by atoms with Crippen LogP contribution >= 0.6 is 34.2 Å². The van der Waals surface area contributed by atoms with Crippen molar-refractivity contribution in [3.63, 3.8) is 0 Å². The van der Waals surface area contributed by atoms with Crippen molar-refractivity contribution in [2.24, 2.45) is 0 Å². The van der Waals surface area contributed by atoms with Gasteiger partial charge in [0.1, 0.15) is 11.5 Å². The van der Waals surface area contributed by atoms with Gasteiger partial charge in [-0.05, 0) is 65.0 Å². The summed E-state index contributed by atoms with van der Waals surface area (Å²) in [5, 5.41) is 4.06. The summed E-state index contributed by atoms with van der Waals surface area (Å²) < 4.78 is 11.7. The van der Waals surface area contributed by atoms with Gasteiger partial charge in [0.05, 0.1) is 25.3 Å². The van der Waals surface area contributed by atoms with E-state index in [2.05, 4.69) is 34.0 Å².